The van der Waals surface area contributed by atoms with Crippen molar-refractivity contribution >= 4 is 29.1 Å². The Morgan fingerprint density at radius 2 is 1.86 bits per heavy atom. The number of rotatable bonds is 10. The van der Waals surface area contributed by atoms with E-state index in [-0.39, 0.29) is 28.4 Å². The lowest BCUT2D eigenvalue weighted by atomic mass is 10.0. The van der Waals surface area contributed by atoms with Gasteiger partial charge in [0.1, 0.15) is 23.0 Å². The maximum Gasteiger partial charge on any atom is 0.274 e. The number of nitrogens with zero attached hydrogens (tertiary/aromatic N) is 3. The van der Waals surface area contributed by atoms with Crippen LogP contribution in [0.5, 0.6) is 0 Å². The zero-order chi connectivity index (χ0) is 29.8. The Morgan fingerprint density at radius 3 is 2.62 bits per heavy atom. The second-order valence-electron chi connectivity index (χ2n) is 10.0. The molecule has 0 aliphatic carbocycles. The summed E-state index contributed by atoms with van der Waals surface area (Å²) in [7, 11) is 1.67. The Kier molecular flexibility index (Phi) is 8.55. The van der Waals surface area contributed by atoms with E-state index in [1.807, 2.05) is 0 Å². The minimum absolute atomic E-state index is 0.122. The Labute approximate surface area is 240 Å². The number of hydrogen-bond acceptors (Lipinski definition) is 6. The lowest BCUT2D eigenvalue weighted by Gasteiger charge is -2.23. The van der Waals surface area contributed by atoms with Crippen LogP contribution in [-0.2, 0) is 4.74 Å². The highest BCUT2D eigenvalue weighted by molar-refractivity contribution is 6.04. The molecule has 218 valence electrons. The first kappa shape index (κ1) is 28.8. The van der Waals surface area contributed by atoms with Crippen LogP contribution in [0, 0.1) is 11.6 Å². The lowest BCUT2D eigenvalue weighted by molar-refractivity contribution is 0.0930. The number of likely N-dealkylation sites (tertiary alicyclic amines) is 1. The zero-order valence-corrected chi connectivity index (χ0v) is 22.9. The molecule has 42 heavy (non-hydrogen) atoms. The Morgan fingerprint density at radius 1 is 1.05 bits per heavy atom. The van der Waals surface area contributed by atoms with Gasteiger partial charge in [0.05, 0.1) is 24.1 Å². The van der Waals surface area contributed by atoms with Crippen molar-refractivity contribution in [2.24, 2.45) is 5.73 Å². The van der Waals surface area contributed by atoms with Crippen LogP contribution in [0.1, 0.15) is 44.0 Å². The van der Waals surface area contributed by atoms with Gasteiger partial charge in [0, 0.05) is 38.0 Å². The smallest absolute Gasteiger partial charge is 0.274 e. The number of nitrogens with one attached hydrogen (secondary N) is 2. The van der Waals surface area contributed by atoms with Crippen LogP contribution >= 0.6 is 0 Å². The number of benzene rings is 2. The van der Waals surface area contributed by atoms with Crippen LogP contribution in [0.3, 0.4) is 0 Å². The molecule has 2 aromatic heterocycles. The van der Waals surface area contributed by atoms with Crippen molar-refractivity contribution in [2.45, 2.75) is 18.9 Å². The summed E-state index contributed by atoms with van der Waals surface area (Å²) >= 11 is 0. The molecule has 1 fully saturated rings. The second kappa shape index (κ2) is 12.5. The van der Waals surface area contributed by atoms with E-state index >= 15 is 0 Å². The van der Waals surface area contributed by atoms with E-state index in [1.165, 1.54) is 34.9 Å². The van der Waals surface area contributed by atoms with Gasteiger partial charge in [-0.3, -0.25) is 23.7 Å². The Bertz CT molecular complexity index is 1660. The van der Waals surface area contributed by atoms with Gasteiger partial charge in [-0.25, -0.2) is 13.8 Å². The molecule has 1 unspecified atom stereocenters. The number of fused-ring (bicyclic) bond motifs is 1. The molecule has 1 aliphatic heterocycles. The first-order chi connectivity index (χ1) is 20.2. The van der Waals surface area contributed by atoms with Gasteiger partial charge in [-0.1, -0.05) is 6.07 Å². The molecule has 1 atom stereocenters. The van der Waals surface area contributed by atoms with Crippen molar-refractivity contribution in [3.05, 3.63) is 89.4 Å². The van der Waals surface area contributed by atoms with E-state index in [2.05, 4.69) is 20.5 Å². The third kappa shape index (κ3) is 6.14. The van der Waals surface area contributed by atoms with Crippen molar-refractivity contribution < 1.29 is 27.9 Å². The lowest BCUT2D eigenvalue weighted by Crippen LogP contribution is -2.39. The van der Waals surface area contributed by atoms with Gasteiger partial charge in [0.2, 0.25) is 0 Å². The molecule has 10 nitrogen and oxygen atoms in total. The number of carbonyl (C=O) groups is 3. The number of anilines is 1. The minimum atomic E-state index is -0.866. The van der Waals surface area contributed by atoms with Gasteiger partial charge < -0.3 is 21.1 Å². The molecule has 3 amide bonds. The van der Waals surface area contributed by atoms with E-state index in [9.17, 15) is 23.2 Å². The van der Waals surface area contributed by atoms with Crippen LogP contribution in [0.15, 0.2) is 60.9 Å². The number of amides is 3. The first-order valence-electron chi connectivity index (χ1n) is 13.4. The van der Waals surface area contributed by atoms with Crippen LogP contribution < -0.4 is 16.4 Å². The molecule has 12 heteroatoms. The largest absolute Gasteiger partial charge is 0.383 e. The van der Waals surface area contributed by atoms with Crippen LogP contribution in [0.4, 0.5) is 14.5 Å². The second-order valence-corrected chi connectivity index (χ2v) is 10.0. The standard InChI is InChI=1S/C30H30F2N6O4/c1-42-17-21-3-2-10-37(21)12-9-34-29(40)20-5-7-23(31)25(14-20)36-30(41)26-16-35-27-15-19(8-11-38(26)27)18-4-6-22(28(33)39)24(32)13-18/h4-8,11,13-16,21H,2-3,9-10,12,17H2,1H3,(H2,33,39)(H,34,40)(H,36,41). The number of imidazole rings is 1. The molecule has 1 aliphatic rings. The fraction of sp³-hybridized carbons (Fsp3) is 0.267. The quantitative estimate of drug-likeness (QED) is 0.265. The molecular formula is C30H30F2N6O4. The van der Waals surface area contributed by atoms with Gasteiger partial charge in [-0.05, 0) is 73.0 Å². The average molecular weight is 577 g/mol. The molecule has 2 aromatic carbocycles. The normalized spacial score (nSPS) is 15.2. The van der Waals surface area contributed by atoms with Crippen molar-refractivity contribution in [1.82, 2.24) is 19.6 Å². The van der Waals surface area contributed by atoms with E-state index in [4.69, 9.17) is 10.5 Å². The molecule has 3 heterocycles. The summed E-state index contributed by atoms with van der Waals surface area (Å²) in [6.07, 6.45) is 5.05. The van der Waals surface area contributed by atoms with Crippen molar-refractivity contribution in [3.8, 4) is 11.1 Å². The molecule has 4 aromatic rings. The Balaban J connectivity index is 1.26. The van der Waals surface area contributed by atoms with E-state index in [1.54, 1.807) is 31.5 Å². The van der Waals surface area contributed by atoms with Gasteiger partial charge in [0.15, 0.2) is 0 Å². The molecule has 0 spiro atoms. The molecule has 0 radical (unpaired) electrons. The van der Waals surface area contributed by atoms with Crippen molar-refractivity contribution in [2.75, 3.05) is 38.7 Å². The average Bonchev–Trinajstić information content (AvgIpc) is 3.60. The van der Waals surface area contributed by atoms with E-state index < -0.39 is 23.4 Å². The summed E-state index contributed by atoms with van der Waals surface area (Å²) in [5.41, 5.74) is 6.60. The summed E-state index contributed by atoms with van der Waals surface area (Å²) in [6.45, 7) is 2.69. The maximum atomic E-state index is 14.6. The topological polar surface area (TPSA) is 131 Å². The van der Waals surface area contributed by atoms with Gasteiger partial charge in [-0.15, -0.1) is 0 Å². The molecule has 4 N–H and O–H groups in total. The fourth-order valence-electron chi connectivity index (χ4n) is 5.16. The molecular weight excluding hydrogens is 546 g/mol. The predicted molar refractivity (Wildman–Crippen MR) is 152 cm³/mol. The number of aromatic nitrogens is 2. The van der Waals surface area contributed by atoms with Gasteiger partial charge >= 0.3 is 0 Å². The van der Waals surface area contributed by atoms with Crippen LogP contribution in [0.25, 0.3) is 16.8 Å². The fourth-order valence-corrected chi connectivity index (χ4v) is 5.16. The zero-order valence-electron chi connectivity index (χ0n) is 22.9. The number of carbonyl (C=O) groups excluding carboxylic acids is 3. The number of halogens is 2. The number of hydrogen-bond donors (Lipinski definition) is 3. The van der Waals surface area contributed by atoms with E-state index in [0.29, 0.717) is 42.5 Å². The predicted octanol–water partition coefficient (Wildman–Crippen LogP) is 3.47. The van der Waals surface area contributed by atoms with Gasteiger partial charge in [0.25, 0.3) is 17.7 Å². The van der Waals surface area contributed by atoms with Crippen LogP contribution in [0.2, 0.25) is 0 Å². The summed E-state index contributed by atoms with van der Waals surface area (Å²) in [6, 6.07) is 11.5. The highest BCUT2D eigenvalue weighted by Gasteiger charge is 2.24. The maximum absolute atomic E-state index is 14.6. The van der Waals surface area contributed by atoms with Gasteiger partial charge in [-0.2, -0.15) is 0 Å². The summed E-state index contributed by atoms with van der Waals surface area (Å²) in [4.78, 5) is 43.7. The van der Waals surface area contributed by atoms with Crippen molar-refractivity contribution in [1.29, 1.82) is 0 Å². The SMILES string of the molecule is COCC1CCCN1CCNC(=O)c1ccc(F)c(NC(=O)c2cnc3cc(-c4ccc(C(N)=O)c(F)c4)ccn23)c1. The molecule has 1 saturated heterocycles. The third-order valence-corrected chi connectivity index (χ3v) is 7.33. The monoisotopic (exact) mass is 576 g/mol. The third-order valence-electron chi connectivity index (χ3n) is 7.33. The summed E-state index contributed by atoms with van der Waals surface area (Å²) in [5.74, 6) is -3.33. The summed E-state index contributed by atoms with van der Waals surface area (Å²) in [5, 5.41) is 5.38. The molecule has 5 rings (SSSR count). The molecule has 0 bridgehead atoms. The molecule has 0 saturated carbocycles. The van der Waals surface area contributed by atoms with E-state index in [0.717, 1.165) is 25.5 Å². The number of nitrogens with two attached hydrogens (primary N) is 1. The number of primary amides is 1. The first-order valence-corrected chi connectivity index (χ1v) is 13.4. The Hall–Kier alpha value is -4.68. The number of methoxy groups -OCH3 is 1. The number of ether oxygens (including phenoxy) is 1. The highest BCUT2D eigenvalue weighted by atomic mass is 19.1. The highest BCUT2D eigenvalue weighted by Crippen LogP contribution is 2.24. The number of pyridine rings is 1. The minimum Gasteiger partial charge on any atom is -0.383 e. The van der Waals surface area contributed by atoms with Crippen LogP contribution in [-0.4, -0.2) is 71.4 Å². The van der Waals surface area contributed by atoms with Crippen molar-refractivity contribution in [3.63, 3.8) is 0 Å². The summed E-state index contributed by atoms with van der Waals surface area (Å²) < 4.78 is 35.6.